The fraction of sp³-hybridized carbons (Fsp3) is 0.629. The highest BCUT2D eigenvalue weighted by Crippen LogP contribution is 2.65. The van der Waals surface area contributed by atoms with Crippen molar-refractivity contribution in [3.8, 4) is 5.75 Å². The van der Waals surface area contributed by atoms with Gasteiger partial charge in [-0.15, -0.1) is 13.2 Å². The molecule has 1 aromatic rings. The van der Waals surface area contributed by atoms with Gasteiger partial charge in [0.05, 0.1) is 24.0 Å². The number of ether oxygens (including phenoxy) is 2. The molecule has 9 heteroatoms. The topological polar surface area (TPSA) is 99.6 Å². The summed E-state index contributed by atoms with van der Waals surface area (Å²) in [6, 6.07) is 6.53. The molecule has 1 spiro atoms. The van der Waals surface area contributed by atoms with Crippen molar-refractivity contribution in [1.82, 2.24) is 9.80 Å². The van der Waals surface area contributed by atoms with Crippen LogP contribution in [-0.2, 0) is 19.1 Å². The number of benzene rings is 1. The Morgan fingerprint density at radius 3 is 2.41 bits per heavy atom. The molecule has 0 aromatic heterocycles. The van der Waals surface area contributed by atoms with Gasteiger partial charge < -0.3 is 29.3 Å². The molecule has 3 heterocycles. The Bertz CT molecular complexity index is 1200. The van der Waals surface area contributed by atoms with E-state index in [0.717, 1.165) is 19.3 Å². The van der Waals surface area contributed by atoms with Crippen molar-refractivity contribution in [3.05, 3.63) is 49.6 Å². The summed E-state index contributed by atoms with van der Waals surface area (Å²) in [5.74, 6) is -1.44. The monoisotopic (exact) mass is 609 g/mol. The molecule has 0 saturated carbocycles. The fourth-order valence-corrected chi connectivity index (χ4v) is 7.68. The van der Waals surface area contributed by atoms with E-state index < -0.39 is 29.1 Å². The second-order valence-corrected chi connectivity index (χ2v) is 12.6. The van der Waals surface area contributed by atoms with Gasteiger partial charge in [-0.3, -0.25) is 14.4 Å². The maximum atomic E-state index is 14.7. The van der Waals surface area contributed by atoms with Crippen LogP contribution in [0.3, 0.4) is 0 Å². The van der Waals surface area contributed by atoms with Gasteiger partial charge in [-0.05, 0) is 76.1 Å². The van der Waals surface area contributed by atoms with Crippen molar-refractivity contribution in [1.29, 1.82) is 0 Å². The van der Waals surface area contributed by atoms with E-state index in [9.17, 15) is 19.5 Å². The van der Waals surface area contributed by atoms with Gasteiger partial charge in [0.15, 0.2) is 0 Å². The minimum absolute atomic E-state index is 0.0560. The molecule has 3 aliphatic heterocycles. The normalized spacial score (nSPS) is 28.6. The first kappa shape index (κ1) is 33.7. The smallest absolute Gasteiger partial charge is 0.248 e. The van der Waals surface area contributed by atoms with Crippen LogP contribution in [0, 0.1) is 17.8 Å². The zero-order chi connectivity index (χ0) is 32.1. The summed E-state index contributed by atoms with van der Waals surface area (Å²) < 4.78 is 12.6. The molecule has 3 aliphatic rings. The third-order valence-corrected chi connectivity index (χ3v) is 9.85. The van der Waals surface area contributed by atoms with Crippen LogP contribution in [0.1, 0.15) is 66.2 Å². The first-order chi connectivity index (χ1) is 21.1. The maximum absolute atomic E-state index is 14.7. The van der Waals surface area contributed by atoms with E-state index >= 15 is 0 Å². The number of nitrogens with zero attached hydrogens (tertiary/aromatic N) is 3. The molecular weight excluding hydrogens is 558 g/mol. The maximum Gasteiger partial charge on any atom is 0.248 e. The average Bonchev–Trinajstić information content (AvgIpc) is 3.52. The SMILES string of the molecule is C=CCN(CCCC)C(=O)C1N(CCCCCO)C(=O)[C@@H]2[C@@H](C(=O)N(CC=C)c3ccc(OCC)cc3)[C@]3(C)OC12CC3C. The van der Waals surface area contributed by atoms with E-state index in [0.29, 0.717) is 56.9 Å². The third-order valence-electron chi connectivity index (χ3n) is 9.85. The first-order valence-electron chi connectivity index (χ1n) is 16.3. The van der Waals surface area contributed by atoms with Crippen LogP contribution in [0.25, 0.3) is 0 Å². The standard InChI is InChI=1S/C35H51N3O6/c1-7-11-21-36(19-8-2)33(42)30-35-24-25(5)34(6,44-35)28(29(35)32(41)38(30)22-13-12-14-23-39)31(40)37(20-9-3)26-15-17-27(18-16-26)43-10-4/h8-9,15-18,25,28-30,39H,2-3,7,10-14,19-24H2,1,4-6H3/t25?,28-,29-,30?,34+,35?/m0/s1. The molecule has 44 heavy (non-hydrogen) atoms. The second kappa shape index (κ2) is 14.3. The third kappa shape index (κ3) is 5.93. The van der Waals surface area contributed by atoms with E-state index in [-0.39, 0.29) is 36.8 Å². The molecule has 6 atom stereocenters. The number of aliphatic hydroxyl groups is 1. The van der Waals surface area contributed by atoms with Crippen LogP contribution in [0.15, 0.2) is 49.6 Å². The van der Waals surface area contributed by atoms with Crippen LogP contribution in [0.4, 0.5) is 5.69 Å². The highest BCUT2D eigenvalue weighted by atomic mass is 16.5. The predicted molar refractivity (Wildman–Crippen MR) is 171 cm³/mol. The lowest BCUT2D eigenvalue weighted by Gasteiger charge is -2.39. The summed E-state index contributed by atoms with van der Waals surface area (Å²) in [4.78, 5) is 48.9. The van der Waals surface area contributed by atoms with Crippen LogP contribution >= 0.6 is 0 Å². The number of unbranched alkanes of at least 4 members (excludes halogenated alkanes) is 3. The fourth-order valence-electron chi connectivity index (χ4n) is 7.68. The van der Waals surface area contributed by atoms with E-state index in [1.165, 1.54) is 0 Å². The minimum Gasteiger partial charge on any atom is -0.494 e. The second-order valence-electron chi connectivity index (χ2n) is 12.6. The molecule has 3 saturated heterocycles. The van der Waals surface area contributed by atoms with Gasteiger partial charge in [0, 0.05) is 38.5 Å². The molecule has 0 aliphatic carbocycles. The Morgan fingerprint density at radius 1 is 1.09 bits per heavy atom. The van der Waals surface area contributed by atoms with Crippen molar-refractivity contribution in [2.24, 2.45) is 17.8 Å². The number of carbonyl (C=O) groups excluding carboxylic acids is 3. The van der Waals surface area contributed by atoms with Crippen LogP contribution in [-0.4, -0.2) is 89.3 Å². The van der Waals surface area contributed by atoms with Crippen LogP contribution in [0.2, 0.25) is 0 Å². The van der Waals surface area contributed by atoms with Gasteiger partial charge in [0.1, 0.15) is 17.4 Å². The first-order valence-corrected chi connectivity index (χ1v) is 16.3. The number of fused-ring (bicyclic) bond motifs is 1. The van der Waals surface area contributed by atoms with Crippen molar-refractivity contribution in [2.75, 3.05) is 44.3 Å². The van der Waals surface area contributed by atoms with Gasteiger partial charge in [-0.2, -0.15) is 0 Å². The number of hydrogen-bond donors (Lipinski definition) is 1. The van der Waals surface area contributed by atoms with Crippen molar-refractivity contribution in [3.63, 3.8) is 0 Å². The van der Waals surface area contributed by atoms with Crippen molar-refractivity contribution >= 4 is 23.4 Å². The molecule has 1 N–H and O–H groups in total. The molecule has 3 amide bonds. The average molecular weight is 610 g/mol. The van der Waals surface area contributed by atoms with E-state index in [4.69, 9.17) is 9.47 Å². The van der Waals surface area contributed by atoms with Gasteiger partial charge >= 0.3 is 0 Å². The number of carbonyl (C=O) groups is 3. The van der Waals surface area contributed by atoms with Gasteiger partial charge in [0.2, 0.25) is 17.7 Å². The molecule has 2 bridgehead atoms. The lowest BCUT2D eigenvalue weighted by Crippen LogP contribution is -2.57. The Balaban J connectivity index is 1.76. The molecule has 4 rings (SSSR count). The summed E-state index contributed by atoms with van der Waals surface area (Å²) in [5.41, 5.74) is -1.35. The zero-order valence-corrected chi connectivity index (χ0v) is 27.0. The number of likely N-dealkylation sites (tertiary alicyclic amines) is 1. The van der Waals surface area contributed by atoms with E-state index in [1.807, 2.05) is 38.1 Å². The molecule has 1 aromatic carbocycles. The Morgan fingerprint density at radius 2 is 1.80 bits per heavy atom. The minimum atomic E-state index is -1.11. The van der Waals surface area contributed by atoms with Crippen LogP contribution < -0.4 is 9.64 Å². The Kier molecular flexibility index (Phi) is 10.9. The lowest BCUT2D eigenvalue weighted by molar-refractivity contribution is -0.152. The lowest BCUT2D eigenvalue weighted by atomic mass is 9.62. The molecule has 3 fully saturated rings. The van der Waals surface area contributed by atoms with E-state index in [1.54, 1.807) is 26.9 Å². The molecule has 242 valence electrons. The van der Waals surface area contributed by atoms with Gasteiger partial charge in [0.25, 0.3) is 0 Å². The van der Waals surface area contributed by atoms with Gasteiger partial charge in [-0.25, -0.2) is 0 Å². The zero-order valence-electron chi connectivity index (χ0n) is 27.0. The summed E-state index contributed by atoms with van der Waals surface area (Å²) in [6.07, 6.45) is 7.69. The quantitative estimate of drug-likeness (QED) is 0.205. The number of amides is 3. The molecule has 0 radical (unpaired) electrons. The summed E-state index contributed by atoms with van der Waals surface area (Å²) >= 11 is 0. The van der Waals surface area contributed by atoms with Gasteiger partial charge in [-0.1, -0.05) is 32.4 Å². The number of anilines is 1. The summed E-state index contributed by atoms with van der Waals surface area (Å²) in [5, 5.41) is 9.34. The van der Waals surface area contributed by atoms with E-state index in [2.05, 4.69) is 27.0 Å². The predicted octanol–water partition coefficient (Wildman–Crippen LogP) is 4.59. The molecule has 9 nitrogen and oxygen atoms in total. The van der Waals surface area contributed by atoms with Crippen LogP contribution in [0.5, 0.6) is 5.75 Å². The molecule has 3 unspecified atom stereocenters. The summed E-state index contributed by atoms with van der Waals surface area (Å²) in [6.45, 7) is 18.0. The number of hydrogen-bond acceptors (Lipinski definition) is 6. The highest BCUT2D eigenvalue weighted by Gasteiger charge is 2.80. The Labute approximate surface area is 262 Å². The number of aliphatic hydroxyl groups excluding tert-OH is 1. The summed E-state index contributed by atoms with van der Waals surface area (Å²) in [7, 11) is 0. The Hall–Kier alpha value is -3.17. The van der Waals surface area contributed by atoms with Crippen molar-refractivity contribution in [2.45, 2.75) is 83.5 Å². The largest absolute Gasteiger partial charge is 0.494 e. The number of rotatable bonds is 17. The van der Waals surface area contributed by atoms with Crippen molar-refractivity contribution < 1.29 is 29.0 Å². The highest BCUT2D eigenvalue weighted by molar-refractivity contribution is 6.03. The molecular formula is C35H51N3O6.